The van der Waals surface area contributed by atoms with E-state index < -0.39 is 5.54 Å². The average molecular weight is 270 g/mol. The zero-order chi connectivity index (χ0) is 14.2. The Kier molecular flexibility index (Phi) is 3.30. The first kappa shape index (κ1) is 13.3. The quantitative estimate of drug-likeness (QED) is 0.907. The highest BCUT2D eigenvalue weighted by Crippen LogP contribution is 2.41. The highest BCUT2D eigenvalue weighted by Gasteiger charge is 2.37. The van der Waals surface area contributed by atoms with Crippen LogP contribution in [0.2, 0.25) is 0 Å². The van der Waals surface area contributed by atoms with Crippen molar-refractivity contribution in [1.29, 1.82) is 0 Å². The van der Waals surface area contributed by atoms with E-state index in [-0.39, 0.29) is 11.7 Å². The zero-order valence-electron chi connectivity index (χ0n) is 11.6. The molecule has 3 heteroatoms. The van der Waals surface area contributed by atoms with Crippen molar-refractivity contribution < 1.29 is 4.39 Å². The smallest absolute Gasteiger partial charge is 0.123 e. The summed E-state index contributed by atoms with van der Waals surface area (Å²) in [7, 11) is 0. The fourth-order valence-corrected chi connectivity index (χ4v) is 3.22. The van der Waals surface area contributed by atoms with E-state index in [0.717, 1.165) is 30.5 Å². The molecule has 1 aromatic carbocycles. The summed E-state index contributed by atoms with van der Waals surface area (Å²) in [6, 6.07) is 10.7. The number of nitrogens with zero attached hydrogens (tertiary/aromatic N) is 1. The SMILES string of the molecule is CC(N)(c1cccc(F)c1)C1CCCc2cccnc21. The van der Waals surface area contributed by atoms with Crippen LogP contribution in [0.1, 0.15) is 42.5 Å². The van der Waals surface area contributed by atoms with E-state index in [9.17, 15) is 4.39 Å². The van der Waals surface area contributed by atoms with Gasteiger partial charge in [0.25, 0.3) is 0 Å². The fraction of sp³-hybridized carbons (Fsp3) is 0.353. The molecule has 3 rings (SSSR count). The Hall–Kier alpha value is -1.74. The number of hydrogen-bond acceptors (Lipinski definition) is 2. The van der Waals surface area contributed by atoms with Crippen LogP contribution in [0.5, 0.6) is 0 Å². The number of halogens is 1. The molecule has 104 valence electrons. The van der Waals surface area contributed by atoms with E-state index in [1.807, 2.05) is 25.3 Å². The van der Waals surface area contributed by atoms with Gasteiger partial charge in [0, 0.05) is 23.3 Å². The first-order valence-corrected chi connectivity index (χ1v) is 7.08. The number of hydrogen-bond donors (Lipinski definition) is 1. The Morgan fingerprint density at radius 2 is 2.15 bits per heavy atom. The van der Waals surface area contributed by atoms with Crippen LogP contribution in [0.3, 0.4) is 0 Å². The summed E-state index contributed by atoms with van der Waals surface area (Å²) in [6.07, 6.45) is 4.97. The maximum atomic E-state index is 13.5. The van der Waals surface area contributed by atoms with E-state index in [2.05, 4.69) is 11.1 Å². The molecule has 2 aromatic rings. The standard InChI is InChI=1S/C17H19FN2/c1-17(19,13-7-3-8-14(18)11-13)15-9-2-5-12-6-4-10-20-16(12)15/h3-4,6-8,10-11,15H,2,5,9,19H2,1H3. The maximum absolute atomic E-state index is 13.5. The van der Waals surface area contributed by atoms with Crippen molar-refractivity contribution in [2.45, 2.75) is 37.6 Å². The van der Waals surface area contributed by atoms with Crippen LogP contribution in [0.4, 0.5) is 4.39 Å². The average Bonchev–Trinajstić information content (AvgIpc) is 2.46. The minimum atomic E-state index is -0.606. The van der Waals surface area contributed by atoms with Gasteiger partial charge >= 0.3 is 0 Å². The third-order valence-electron chi connectivity index (χ3n) is 4.37. The van der Waals surface area contributed by atoms with E-state index in [1.165, 1.54) is 17.7 Å². The van der Waals surface area contributed by atoms with Gasteiger partial charge in [-0.3, -0.25) is 4.98 Å². The summed E-state index contributed by atoms with van der Waals surface area (Å²) >= 11 is 0. The van der Waals surface area contributed by atoms with Crippen LogP contribution in [0, 0.1) is 5.82 Å². The fourth-order valence-electron chi connectivity index (χ4n) is 3.22. The molecule has 2 nitrogen and oxygen atoms in total. The second-order valence-electron chi connectivity index (χ2n) is 5.79. The van der Waals surface area contributed by atoms with Gasteiger partial charge in [0.1, 0.15) is 5.82 Å². The number of rotatable bonds is 2. The minimum Gasteiger partial charge on any atom is -0.321 e. The summed E-state index contributed by atoms with van der Waals surface area (Å²) in [5.74, 6) is -0.106. The Morgan fingerprint density at radius 1 is 1.30 bits per heavy atom. The molecule has 2 N–H and O–H groups in total. The second kappa shape index (κ2) is 4.98. The van der Waals surface area contributed by atoms with Crippen LogP contribution in [-0.2, 0) is 12.0 Å². The van der Waals surface area contributed by atoms with Gasteiger partial charge in [0.2, 0.25) is 0 Å². The normalized spacial score (nSPS) is 21.1. The molecule has 20 heavy (non-hydrogen) atoms. The van der Waals surface area contributed by atoms with Crippen molar-refractivity contribution in [3.8, 4) is 0 Å². The van der Waals surface area contributed by atoms with Gasteiger partial charge in [-0.2, -0.15) is 0 Å². The van der Waals surface area contributed by atoms with Gasteiger partial charge in [0.05, 0.1) is 0 Å². The number of fused-ring (bicyclic) bond motifs is 1. The van der Waals surface area contributed by atoms with Crippen molar-refractivity contribution in [3.05, 3.63) is 65.2 Å². The molecule has 0 bridgehead atoms. The summed E-state index contributed by atoms with van der Waals surface area (Å²) in [5.41, 5.74) is 9.17. The molecule has 1 aliphatic carbocycles. The summed E-state index contributed by atoms with van der Waals surface area (Å²) in [4.78, 5) is 4.54. The molecule has 0 spiro atoms. The van der Waals surface area contributed by atoms with Crippen LogP contribution < -0.4 is 5.73 Å². The Morgan fingerprint density at radius 3 is 2.95 bits per heavy atom. The molecule has 2 unspecified atom stereocenters. The predicted molar refractivity (Wildman–Crippen MR) is 77.9 cm³/mol. The zero-order valence-corrected chi connectivity index (χ0v) is 11.6. The number of benzene rings is 1. The van der Waals surface area contributed by atoms with Gasteiger partial charge in [-0.25, -0.2) is 4.39 Å². The molecule has 1 aromatic heterocycles. The van der Waals surface area contributed by atoms with Crippen molar-refractivity contribution in [2.75, 3.05) is 0 Å². The van der Waals surface area contributed by atoms with E-state index in [0.29, 0.717) is 0 Å². The molecule has 0 amide bonds. The van der Waals surface area contributed by atoms with Crippen LogP contribution in [-0.4, -0.2) is 4.98 Å². The molecule has 1 aliphatic rings. The molecule has 2 atom stereocenters. The third-order valence-corrected chi connectivity index (χ3v) is 4.37. The lowest BCUT2D eigenvalue weighted by Crippen LogP contribution is -2.41. The largest absolute Gasteiger partial charge is 0.321 e. The number of aryl methyl sites for hydroxylation is 1. The van der Waals surface area contributed by atoms with Gasteiger partial charge in [-0.15, -0.1) is 0 Å². The molecular weight excluding hydrogens is 251 g/mol. The van der Waals surface area contributed by atoms with Gasteiger partial charge in [0.15, 0.2) is 0 Å². The molecule has 0 radical (unpaired) electrons. The van der Waals surface area contributed by atoms with Gasteiger partial charge in [-0.1, -0.05) is 18.2 Å². The maximum Gasteiger partial charge on any atom is 0.123 e. The first-order chi connectivity index (χ1) is 9.59. The molecule has 0 aliphatic heterocycles. The van der Waals surface area contributed by atoms with E-state index in [4.69, 9.17) is 5.73 Å². The molecule has 1 heterocycles. The van der Waals surface area contributed by atoms with Crippen LogP contribution >= 0.6 is 0 Å². The lowest BCUT2D eigenvalue weighted by Gasteiger charge is -2.37. The summed E-state index contributed by atoms with van der Waals surface area (Å²) < 4.78 is 13.5. The molecule has 0 saturated carbocycles. The first-order valence-electron chi connectivity index (χ1n) is 7.08. The lowest BCUT2D eigenvalue weighted by atomic mass is 9.72. The monoisotopic (exact) mass is 270 g/mol. The Bertz CT molecular complexity index is 622. The lowest BCUT2D eigenvalue weighted by molar-refractivity contribution is 0.340. The van der Waals surface area contributed by atoms with E-state index >= 15 is 0 Å². The van der Waals surface area contributed by atoms with Crippen molar-refractivity contribution in [2.24, 2.45) is 5.73 Å². The summed E-state index contributed by atoms with van der Waals surface area (Å²) in [5, 5.41) is 0. The Balaban J connectivity index is 2.04. The molecule has 0 fully saturated rings. The van der Waals surface area contributed by atoms with Gasteiger partial charge in [-0.05, 0) is 55.5 Å². The molecule has 0 saturated heterocycles. The van der Waals surface area contributed by atoms with Crippen molar-refractivity contribution in [3.63, 3.8) is 0 Å². The minimum absolute atomic E-state index is 0.134. The van der Waals surface area contributed by atoms with E-state index in [1.54, 1.807) is 6.07 Å². The summed E-state index contributed by atoms with van der Waals surface area (Å²) in [6.45, 7) is 1.98. The van der Waals surface area contributed by atoms with Crippen LogP contribution in [0.25, 0.3) is 0 Å². The van der Waals surface area contributed by atoms with Crippen molar-refractivity contribution >= 4 is 0 Å². The van der Waals surface area contributed by atoms with Crippen molar-refractivity contribution in [1.82, 2.24) is 4.98 Å². The predicted octanol–water partition coefficient (Wildman–Crippen LogP) is 3.51. The number of nitrogens with two attached hydrogens (primary N) is 1. The number of aromatic nitrogens is 1. The Labute approximate surface area is 118 Å². The highest BCUT2D eigenvalue weighted by molar-refractivity contribution is 5.34. The van der Waals surface area contributed by atoms with Crippen LogP contribution in [0.15, 0.2) is 42.6 Å². The third kappa shape index (κ3) is 2.22. The molecular formula is C17H19FN2. The highest BCUT2D eigenvalue weighted by atomic mass is 19.1. The topological polar surface area (TPSA) is 38.9 Å². The second-order valence-corrected chi connectivity index (χ2v) is 5.79. The van der Waals surface area contributed by atoms with Gasteiger partial charge < -0.3 is 5.73 Å². The number of pyridine rings is 1.